The minimum absolute atomic E-state index is 0.573. The van der Waals surface area contributed by atoms with Crippen LogP contribution in [0.25, 0.3) is 0 Å². The lowest BCUT2D eigenvalue weighted by Gasteiger charge is -2.23. The summed E-state index contributed by atoms with van der Waals surface area (Å²) in [5, 5.41) is 0. The quantitative estimate of drug-likeness (QED) is 0.0821. The molecule has 0 heterocycles. The van der Waals surface area contributed by atoms with E-state index in [0.29, 0.717) is 5.92 Å². The van der Waals surface area contributed by atoms with Gasteiger partial charge < -0.3 is 0 Å². The van der Waals surface area contributed by atoms with Gasteiger partial charge in [0.25, 0.3) is 0 Å². The Balaban J connectivity index is 4.75. The summed E-state index contributed by atoms with van der Waals surface area (Å²) >= 11 is 0. The molecule has 3 unspecified atom stereocenters. The Labute approximate surface area is 229 Å². The van der Waals surface area contributed by atoms with Crippen molar-refractivity contribution in [2.45, 2.75) is 163 Å². The summed E-state index contributed by atoms with van der Waals surface area (Å²) in [4.78, 5) is 0. The molecule has 36 heavy (non-hydrogen) atoms. The van der Waals surface area contributed by atoms with E-state index in [0.717, 1.165) is 24.7 Å². The van der Waals surface area contributed by atoms with E-state index in [1.807, 2.05) is 0 Å². The maximum absolute atomic E-state index is 4.63. The lowest BCUT2D eigenvalue weighted by atomic mass is 9.83. The highest BCUT2D eigenvalue weighted by Crippen LogP contribution is 2.31. The third-order valence-electron chi connectivity index (χ3n) is 8.29. The first-order valence-corrected chi connectivity index (χ1v) is 16.0. The van der Waals surface area contributed by atoms with Crippen LogP contribution in [0.5, 0.6) is 0 Å². The number of rotatable bonds is 26. The van der Waals surface area contributed by atoms with Gasteiger partial charge in [-0.1, -0.05) is 134 Å². The van der Waals surface area contributed by atoms with Gasteiger partial charge in [0, 0.05) is 0 Å². The molecule has 0 heteroatoms. The Morgan fingerprint density at radius 1 is 0.639 bits per heavy atom. The fourth-order valence-corrected chi connectivity index (χ4v) is 5.36. The topological polar surface area (TPSA) is 0 Å². The lowest BCUT2D eigenvalue weighted by molar-refractivity contribution is 0.406. The van der Waals surface area contributed by atoms with Gasteiger partial charge in [-0.2, -0.15) is 0 Å². The van der Waals surface area contributed by atoms with Crippen LogP contribution in [-0.2, 0) is 0 Å². The van der Waals surface area contributed by atoms with E-state index in [4.69, 9.17) is 0 Å². The van der Waals surface area contributed by atoms with E-state index >= 15 is 0 Å². The van der Waals surface area contributed by atoms with Crippen molar-refractivity contribution in [2.24, 2.45) is 17.8 Å². The van der Waals surface area contributed by atoms with Crippen molar-refractivity contribution in [1.29, 1.82) is 0 Å². The fraction of sp³-hybridized carbons (Fsp3) is 0.778. The molecule has 0 N–H and O–H groups in total. The third-order valence-corrected chi connectivity index (χ3v) is 8.29. The van der Waals surface area contributed by atoms with Crippen molar-refractivity contribution < 1.29 is 0 Å². The second-order valence-electron chi connectivity index (χ2n) is 11.8. The monoisotopic (exact) mass is 499 g/mol. The van der Waals surface area contributed by atoms with Gasteiger partial charge in [-0.25, -0.2) is 0 Å². The van der Waals surface area contributed by atoms with Gasteiger partial charge in [0.2, 0.25) is 0 Å². The van der Waals surface area contributed by atoms with Crippen LogP contribution < -0.4 is 0 Å². The minimum atomic E-state index is 0.573. The summed E-state index contributed by atoms with van der Waals surface area (Å²) < 4.78 is 0. The van der Waals surface area contributed by atoms with Gasteiger partial charge in [0.15, 0.2) is 0 Å². The molecule has 0 fully saturated rings. The maximum atomic E-state index is 4.63. The van der Waals surface area contributed by atoms with Crippen LogP contribution in [0, 0.1) is 17.8 Å². The Kier molecular flexibility index (Phi) is 23.6. The minimum Gasteiger partial charge on any atom is -0.100 e. The van der Waals surface area contributed by atoms with E-state index in [2.05, 4.69) is 66.5 Å². The lowest BCUT2D eigenvalue weighted by Crippen LogP contribution is -2.08. The van der Waals surface area contributed by atoms with Crippen molar-refractivity contribution in [2.75, 3.05) is 0 Å². The molecule has 0 amide bonds. The number of hydrogen-bond acceptors (Lipinski definition) is 0. The van der Waals surface area contributed by atoms with Crippen molar-refractivity contribution in [3.63, 3.8) is 0 Å². The zero-order valence-corrected chi connectivity index (χ0v) is 25.7. The maximum Gasteiger partial charge on any atom is -0.0134 e. The molecule has 0 spiro atoms. The first-order chi connectivity index (χ1) is 17.4. The number of hydrogen-bond donors (Lipinski definition) is 0. The smallest absolute Gasteiger partial charge is 0.0134 e. The van der Waals surface area contributed by atoms with E-state index < -0.39 is 0 Å². The molecular formula is C36H66. The van der Waals surface area contributed by atoms with Gasteiger partial charge in [-0.3, -0.25) is 0 Å². The molecule has 0 radical (unpaired) electrons. The summed E-state index contributed by atoms with van der Waals surface area (Å²) in [5.74, 6) is 2.32. The SMILES string of the molecule is C=C(C)CCCCCCC=CCC(CC(=C)CCC(CC)CCCC)C(=C)CCC(CC)CCCC. The van der Waals surface area contributed by atoms with Gasteiger partial charge in [0.05, 0.1) is 0 Å². The highest BCUT2D eigenvalue weighted by molar-refractivity contribution is 5.10. The van der Waals surface area contributed by atoms with Gasteiger partial charge >= 0.3 is 0 Å². The van der Waals surface area contributed by atoms with Crippen LogP contribution >= 0.6 is 0 Å². The summed E-state index contributed by atoms with van der Waals surface area (Å²) in [7, 11) is 0. The second-order valence-corrected chi connectivity index (χ2v) is 11.8. The van der Waals surface area contributed by atoms with Crippen LogP contribution in [0.2, 0.25) is 0 Å². The third kappa shape index (κ3) is 20.1. The predicted octanol–water partition coefficient (Wildman–Crippen LogP) is 13.0. The average molecular weight is 499 g/mol. The molecule has 0 saturated carbocycles. The zero-order chi connectivity index (χ0) is 27.0. The average Bonchev–Trinajstić information content (AvgIpc) is 2.86. The van der Waals surface area contributed by atoms with Gasteiger partial charge in [-0.15, -0.1) is 6.58 Å². The summed E-state index contributed by atoms with van der Waals surface area (Å²) in [6.45, 7) is 24.7. The Morgan fingerprint density at radius 3 is 1.78 bits per heavy atom. The van der Waals surface area contributed by atoms with Gasteiger partial charge in [-0.05, 0) is 88.9 Å². The van der Waals surface area contributed by atoms with Crippen LogP contribution in [0.1, 0.15) is 163 Å². The Morgan fingerprint density at radius 2 is 1.22 bits per heavy atom. The zero-order valence-electron chi connectivity index (χ0n) is 25.7. The van der Waals surface area contributed by atoms with Gasteiger partial charge in [0.1, 0.15) is 0 Å². The van der Waals surface area contributed by atoms with Crippen molar-refractivity contribution in [1.82, 2.24) is 0 Å². The highest BCUT2D eigenvalue weighted by atomic mass is 14.2. The second kappa shape index (κ2) is 24.3. The molecule has 0 aliphatic heterocycles. The first-order valence-electron chi connectivity index (χ1n) is 16.0. The molecule has 0 aromatic rings. The van der Waals surface area contributed by atoms with Crippen LogP contribution in [-0.4, -0.2) is 0 Å². The first kappa shape index (κ1) is 35.0. The number of unbranched alkanes of at least 4 members (excludes halogenated alkanes) is 6. The molecule has 210 valence electrons. The Hall–Kier alpha value is -1.04. The summed E-state index contributed by atoms with van der Waals surface area (Å²) in [6, 6.07) is 0. The molecular weight excluding hydrogens is 432 g/mol. The van der Waals surface area contributed by atoms with Crippen molar-refractivity contribution in [3.8, 4) is 0 Å². The van der Waals surface area contributed by atoms with Crippen LogP contribution in [0.4, 0.5) is 0 Å². The summed E-state index contributed by atoms with van der Waals surface area (Å²) in [5.41, 5.74) is 4.26. The molecule has 0 aliphatic carbocycles. The van der Waals surface area contributed by atoms with Crippen LogP contribution in [0.15, 0.2) is 48.6 Å². The molecule has 3 atom stereocenters. The van der Waals surface area contributed by atoms with Crippen LogP contribution in [0.3, 0.4) is 0 Å². The van der Waals surface area contributed by atoms with E-state index in [-0.39, 0.29) is 0 Å². The fourth-order valence-electron chi connectivity index (χ4n) is 5.36. The molecule has 0 aromatic carbocycles. The van der Waals surface area contributed by atoms with Crippen molar-refractivity contribution in [3.05, 3.63) is 48.6 Å². The normalized spacial score (nSPS) is 14.1. The summed E-state index contributed by atoms with van der Waals surface area (Å²) in [6.07, 6.45) is 30.7. The molecule has 0 bridgehead atoms. The molecule has 0 rings (SSSR count). The van der Waals surface area contributed by atoms with E-state index in [1.54, 1.807) is 0 Å². The predicted molar refractivity (Wildman–Crippen MR) is 168 cm³/mol. The molecule has 0 aromatic heterocycles. The molecule has 0 aliphatic rings. The molecule has 0 nitrogen and oxygen atoms in total. The standard InChI is InChI=1S/C36H66/c1-9-13-23-34(11-3)28-26-32(7)30-36(33(8)27-29-35(12-4)24-14-10-2)25-21-19-17-15-16-18-20-22-31(5)6/h19,21,34-36H,5,7-18,20,22-30H2,1-4,6H3. The van der Waals surface area contributed by atoms with E-state index in [9.17, 15) is 0 Å². The number of allylic oxidation sites excluding steroid dienone is 5. The highest BCUT2D eigenvalue weighted by Gasteiger charge is 2.16. The Bertz CT molecular complexity index is 577. The van der Waals surface area contributed by atoms with Crippen molar-refractivity contribution >= 4 is 0 Å². The molecule has 0 saturated heterocycles. The largest absolute Gasteiger partial charge is 0.100 e. The van der Waals surface area contributed by atoms with E-state index in [1.165, 1.54) is 132 Å².